The highest BCUT2D eigenvalue weighted by molar-refractivity contribution is 5.99. The van der Waals surface area contributed by atoms with Gasteiger partial charge >= 0.3 is 5.97 Å². The normalized spacial score (nSPS) is 20.0. The molecule has 0 saturated carbocycles. The third kappa shape index (κ3) is 2.92. The highest BCUT2D eigenvalue weighted by atomic mass is 16.4. The van der Waals surface area contributed by atoms with Crippen LogP contribution in [0.4, 0.5) is 5.69 Å². The van der Waals surface area contributed by atoms with Crippen LogP contribution >= 0.6 is 0 Å². The highest BCUT2D eigenvalue weighted by Crippen LogP contribution is 2.38. The average molecular weight is 341 g/mol. The number of nitrogens with zero attached hydrogens (tertiary/aromatic N) is 2. The van der Waals surface area contributed by atoms with E-state index in [0.717, 1.165) is 24.8 Å². The largest absolute Gasteiger partial charge is 0.479 e. The molecule has 2 aromatic rings. The number of benzene rings is 1. The maximum atomic E-state index is 13.0. The summed E-state index contributed by atoms with van der Waals surface area (Å²) < 4.78 is 1.35. The molecule has 1 aromatic carbocycles. The monoisotopic (exact) mass is 341 g/mol. The molecule has 1 amide bonds. The van der Waals surface area contributed by atoms with E-state index in [0.29, 0.717) is 5.69 Å². The Morgan fingerprint density at radius 2 is 2.04 bits per heavy atom. The quantitative estimate of drug-likeness (QED) is 0.895. The van der Waals surface area contributed by atoms with Gasteiger partial charge in [0.15, 0.2) is 5.54 Å². The van der Waals surface area contributed by atoms with E-state index in [-0.39, 0.29) is 5.91 Å². The van der Waals surface area contributed by atoms with Crippen molar-refractivity contribution >= 4 is 17.6 Å². The van der Waals surface area contributed by atoms with Crippen LogP contribution in [0.15, 0.2) is 36.7 Å². The molecule has 0 fully saturated rings. The fraction of sp³-hybridized carbons (Fsp3) is 0.421. The number of rotatable bonds is 4. The second-order valence-electron chi connectivity index (χ2n) is 7.33. The van der Waals surface area contributed by atoms with Crippen molar-refractivity contribution < 1.29 is 14.7 Å². The number of hydrogen-bond donors (Lipinski definition) is 2. The van der Waals surface area contributed by atoms with Gasteiger partial charge in [0.25, 0.3) is 0 Å². The number of hydrogen-bond acceptors (Lipinski definition) is 3. The Morgan fingerprint density at radius 1 is 1.32 bits per heavy atom. The summed E-state index contributed by atoms with van der Waals surface area (Å²) in [6.45, 7) is 5.09. The lowest BCUT2D eigenvalue weighted by molar-refractivity contribution is -0.146. The molecule has 0 aliphatic heterocycles. The molecule has 0 bridgehead atoms. The van der Waals surface area contributed by atoms with Crippen molar-refractivity contribution in [1.29, 1.82) is 0 Å². The van der Waals surface area contributed by atoms with Crippen LogP contribution in [0.25, 0.3) is 0 Å². The number of carbonyl (C=O) groups excluding carboxylic acids is 1. The molecule has 25 heavy (non-hydrogen) atoms. The second-order valence-corrected chi connectivity index (χ2v) is 7.33. The van der Waals surface area contributed by atoms with Crippen LogP contribution in [-0.2, 0) is 27.0 Å². The molecule has 2 N–H and O–H groups in total. The predicted octanol–water partition coefficient (Wildman–Crippen LogP) is 2.94. The molecule has 1 aromatic heterocycles. The molecule has 132 valence electrons. The van der Waals surface area contributed by atoms with Crippen LogP contribution < -0.4 is 5.32 Å². The topological polar surface area (TPSA) is 84.2 Å². The van der Waals surface area contributed by atoms with E-state index in [9.17, 15) is 14.7 Å². The molecule has 3 rings (SSSR count). The number of nitrogens with one attached hydrogen (secondary N) is 1. The zero-order chi connectivity index (χ0) is 18.2. The van der Waals surface area contributed by atoms with Crippen molar-refractivity contribution in [3.05, 3.63) is 47.8 Å². The van der Waals surface area contributed by atoms with Crippen molar-refractivity contribution in [3.8, 4) is 0 Å². The Labute approximate surface area is 146 Å². The molecule has 0 spiro atoms. The first-order valence-corrected chi connectivity index (χ1v) is 8.43. The second kappa shape index (κ2) is 6.02. The minimum atomic E-state index is -1.18. The molecule has 1 unspecified atom stereocenters. The van der Waals surface area contributed by atoms with Gasteiger partial charge in [0.2, 0.25) is 5.91 Å². The zero-order valence-corrected chi connectivity index (χ0v) is 14.7. The third-order valence-corrected chi connectivity index (χ3v) is 5.17. The molecule has 1 atom stereocenters. The lowest BCUT2D eigenvalue weighted by atomic mass is 9.70. The smallest absolute Gasteiger partial charge is 0.331 e. The molecule has 1 aliphatic rings. The van der Waals surface area contributed by atoms with E-state index in [1.807, 2.05) is 25.1 Å². The van der Waals surface area contributed by atoms with Crippen LogP contribution in [0.5, 0.6) is 0 Å². The summed E-state index contributed by atoms with van der Waals surface area (Å²) in [4.78, 5) is 24.3. The maximum absolute atomic E-state index is 13.0. The van der Waals surface area contributed by atoms with Gasteiger partial charge in [-0.3, -0.25) is 9.48 Å². The first kappa shape index (κ1) is 17.2. The Kier molecular flexibility index (Phi) is 4.14. The van der Waals surface area contributed by atoms with Crippen molar-refractivity contribution in [2.75, 3.05) is 5.32 Å². The summed E-state index contributed by atoms with van der Waals surface area (Å²) in [5.74, 6) is -1.08. The van der Waals surface area contributed by atoms with Gasteiger partial charge in [-0.1, -0.05) is 24.3 Å². The average Bonchev–Trinajstić information content (AvgIpc) is 3.04. The third-order valence-electron chi connectivity index (χ3n) is 5.17. The summed E-state index contributed by atoms with van der Waals surface area (Å²) >= 11 is 0. The van der Waals surface area contributed by atoms with Gasteiger partial charge in [0.1, 0.15) is 0 Å². The first-order valence-electron chi connectivity index (χ1n) is 8.43. The Morgan fingerprint density at radius 3 is 2.76 bits per heavy atom. The van der Waals surface area contributed by atoms with Crippen LogP contribution in [0.3, 0.4) is 0 Å². The molecule has 6 nitrogen and oxygen atoms in total. The minimum Gasteiger partial charge on any atom is -0.479 e. The Hall–Kier alpha value is -2.63. The number of aliphatic carboxylic acids is 1. The summed E-state index contributed by atoms with van der Waals surface area (Å²) in [6.07, 6.45) is 5.78. The van der Waals surface area contributed by atoms with Gasteiger partial charge in [-0.05, 0) is 51.2 Å². The SMILES string of the molecule is CC1(C(=O)Nc2cnn(C(C)(C)C(=O)O)c2)CCCc2ccccc21. The Balaban J connectivity index is 1.84. The number of fused-ring (bicyclic) bond motifs is 1. The predicted molar refractivity (Wildman–Crippen MR) is 94.5 cm³/mol. The van der Waals surface area contributed by atoms with E-state index in [4.69, 9.17) is 0 Å². The standard InChI is InChI=1S/C19H23N3O3/c1-18(2,17(24)25)22-12-14(11-20-22)21-16(23)19(3)10-6-8-13-7-4-5-9-15(13)19/h4-5,7,9,11-12H,6,8,10H2,1-3H3,(H,21,23)(H,24,25). The van der Waals surface area contributed by atoms with Crippen molar-refractivity contribution in [3.63, 3.8) is 0 Å². The number of carboxylic acids is 1. The first-order chi connectivity index (χ1) is 11.7. The summed E-state index contributed by atoms with van der Waals surface area (Å²) in [5, 5.41) is 16.3. The molecule has 1 aliphatic carbocycles. The van der Waals surface area contributed by atoms with Crippen LogP contribution in [0, 0.1) is 0 Å². The van der Waals surface area contributed by atoms with Gasteiger partial charge in [-0.2, -0.15) is 5.10 Å². The van der Waals surface area contributed by atoms with Gasteiger partial charge < -0.3 is 10.4 Å². The van der Waals surface area contributed by atoms with E-state index in [1.165, 1.54) is 16.4 Å². The van der Waals surface area contributed by atoms with Crippen molar-refractivity contribution in [2.45, 2.75) is 51.0 Å². The molecule has 0 radical (unpaired) electrons. The molecular formula is C19H23N3O3. The number of aryl methyl sites for hydroxylation is 1. The van der Waals surface area contributed by atoms with Gasteiger partial charge in [0.05, 0.1) is 17.3 Å². The summed E-state index contributed by atoms with van der Waals surface area (Å²) in [6, 6.07) is 8.06. The van der Waals surface area contributed by atoms with Gasteiger partial charge in [-0.15, -0.1) is 0 Å². The summed E-state index contributed by atoms with van der Waals surface area (Å²) in [7, 11) is 0. The van der Waals surface area contributed by atoms with E-state index in [1.54, 1.807) is 20.0 Å². The molecule has 1 heterocycles. The maximum Gasteiger partial charge on any atom is 0.331 e. The summed E-state index contributed by atoms with van der Waals surface area (Å²) in [5.41, 5.74) is 1.01. The van der Waals surface area contributed by atoms with Crippen molar-refractivity contribution in [1.82, 2.24) is 9.78 Å². The lowest BCUT2D eigenvalue weighted by Crippen LogP contribution is -2.40. The fourth-order valence-electron chi connectivity index (χ4n) is 3.34. The molecule has 6 heteroatoms. The van der Waals surface area contributed by atoms with Crippen LogP contribution in [-0.4, -0.2) is 26.8 Å². The highest BCUT2D eigenvalue weighted by Gasteiger charge is 2.39. The number of anilines is 1. The fourth-order valence-corrected chi connectivity index (χ4v) is 3.34. The number of amides is 1. The molecular weight excluding hydrogens is 318 g/mol. The number of aromatic nitrogens is 2. The minimum absolute atomic E-state index is 0.0904. The number of carboxylic acid groups (broad SMARTS) is 1. The Bertz CT molecular complexity index is 825. The zero-order valence-electron chi connectivity index (χ0n) is 14.7. The van der Waals surface area contributed by atoms with Crippen molar-refractivity contribution in [2.24, 2.45) is 0 Å². The van der Waals surface area contributed by atoms with E-state index >= 15 is 0 Å². The van der Waals surface area contributed by atoms with E-state index in [2.05, 4.69) is 16.5 Å². The van der Waals surface area contributed by atoms with Gasteiger partial charge in [0, 0.05) is 6.20 Å². The van der Waals surface area contributed by atoms with Crippen LogP contribution in [0.2, 0.25) is 0 Å². The lowest BCUT2D eigenvalue weighted by Gasteiger charge is -2.34. The number of carbonyl (C=O) groups is 2. The van der Waals surface area contributed by atoms with Gasteiger partial charge in [-0.25, -0.2) is 4.79 Å². The van der Waals surface area contributed by atoms with Crippen LogP contribution in [0.1, 0.15) is 44.7 Å². The molecule has 0 saturated heterocycles. The van der Waals surface area contributed by atoms with E-state index < -0.39 is 16.9 Å².